The standard InChI is InChI=1S/C6H6S.C4H10S/c7-6-4-2-1-3-5-6;1-4(2,3)5/h1-5,7H;5H,1-3H3. The Morgan fingerprint density at radius 2 is 1.33 bits per heavy atom. The molecule has 0 aromatic heterocycles. The van der Waals surface area contributed by atoms with E-state index < -0.39 is 0 Å². The summed E-state index contributed by atoms with van der Waals surface area (Å²) in [5.41, 5.74) is 0. The first-order chi connectivity index (χ1) is 5.39. The van der Waals surface area contributed by atoms with Crippen LogP contribution in [0.15, 0.2) is 35.2 Å². The van der Waals surface area contributed by atoms with Gasteiger partial charge < -0.3 is 0 Å². The summed E-state index contributed by atoms with van der Waals surface area (Å²) in [4.78, 5) is 1.02. The van der Waals surface area contributed by atoms with Gasteiger partial charge in [-0.05, 0) is 12.1 Å². The Morgan fingerprint density at radius 1 is 1.00 bits per heavy atom. The third-order valence-electron chi connectivity index (χ3n) is 0.756. The van der Waals surface area contributed by atoms with Gasteiger partial charge in [-0.2, -0.15) is 12.6 Å². The van der Waals surface area contributed by atoms with Gasteiger partial charge in [-0.15, -0.1) is 12.6 Å². The predicted molar refractivity (Wildman–Crippen MR) is 62.4 cm³/mol. The molecule has 0 spiro atoms. The molecule has 0 amide bonds. The van der Waals surface area contributed by atoms with Crippen LogP contribution in [0.1, 0.15) is 20.8 Å². The Bertz CT molecular complexity index is 193. The molecule has 0 atom stereocenters. The maximum atomic E-state index is 4.12. The molecule has 0 saturated carbocycles. The van der Waals surface area contributed by atoms with E-state index in [-0.39, 0.29) is 4.75 Å². The third-order valence-corrected chi connectivity index (χ3v) is 1.05. The van der Waals surface area contributed by atoms with Gasteiger partial charge in [0.15, 0.2) is 0 Å². The maximum absolute atomic E-state index is 4.12. The summed E-state index contributed by atoms with van der Waals surface area (Å²) in [7, 11) is 0. The van der Waals surface area contributed by atoms with E-state index in [4.69, 9.17) is 0 Å². The van der Waals surface area contributed by atoms with Crippen molar-refractivity contribution in [2.24, 2.45) is 0 Å². The number of rotatable bonds is 0. The Hall–Kier alpha value is -0.0800. The van der Waals surface area contributed by atoms with Crippen molar-refractivity contribution in [1.29, 1.82) is 0 Å². The molecule has 2 heteroatoms. The van der Waals surface area contributed by atoms with E-state index in [1.807, 2.05) is 30.3 Å². The molecule has 0 radical (unpaired) electrons. The zero-order valence-corrected chi connectivity index (χ0v) is 9.57. The lowest BCUT2D eigenvalue weighted by molar-refractivity contribution is 0.812. The molecule has 12 heavy (non-hydrogen) atoms. The van der Waals surface area contributed by atoms with Gasteiger partial charge in [0, 0.05) is 9.64 Å². The fraction of sp³-hybridized carbons (Fsp3) is 0.400. The van der Waals surface area contributed by atoms with Gasteiger partial charge in [-0.25, -0.2) is 0 Å². The molecule has 1 aromatic rings. The molecule has 0 aliphatic carbocycles. The number of thiol groups is 2. The van der Waals surface area contributed by atoms with Crippen LogP contribution in [0.3, 0.4) is 0 Å². The van der Waals surface area contributed by atoms with Crippen LogP contribution in [0.2, 0.25) is 0 Å². The fourth-order valence-corrected chi connectivity index (χ4v) is 0.600. The lowest BCUT2D eigenvalue weighted by atomic mass is 10.3. The average molecular weight is 200 g/mol. The zero-order valence-electron chi connectivity index (χ0n) is 7.78. The molecule has 0 unspecified atom stereocenters. The predicted octanol–water partition coefficient (Wildman–Crippen LogP) is 3.69. The van der Waals surface area contributed by atoms with Crippen molar-refractivity contribution in [2.45, 2.75) is 30.4 Å². The van der Waals surface area contributed by atoms with E-state index in [0.717, 1.165) is 4.90 Å². The Kier molecular flexibility index (Phi) is 5.51. The molecule has 1 rings (SSSR count). The summed E-state index contributed by atoms with van der Waals surface area (Å²) in [5, 5.41) is 0. The summed E-state index contributed by atoms with van der Waals surface area (Å²) in [6.45, 7) is 6.16. The highest BCUT2D eigenvalue weighted by Crippen LogP contribution is 2.07. The normalized spacial score (nSPS) is 10.1. The average Bonchev–Trinajstić information content (AvgIpc) is 1.85. The van der Waals surface area contributed by atoms with Crippen molar-refractivity contribution in [2.75, 3.05) is 0 Å². The van der Waals surface area contributed by atoms with Gasteiger partial charge in [-0.1, -0.05) is 39.0 Å². The number of hydrogen-bond acceptors (Lipinski definition) is 2. The molecule has 1 aromatic carbocycles. The molecule has 0 heterocycles. The van der Waals surface area contributed by atoms with E-state index >= 15 is 0 Å². The Balaban J connectivity index is 0.000000217. The van der Waals surface area contributed by atoms with E-state index in [9.17, 15) is 0 Å². The molecule has 0 aliphatic rings. The van der Waals surface area contributed by atoms with Crippen LogP contribution in [0.4, 0.5) is 0 Å². The van der Waals surface area contributed by atoms with Crippen LogP contribution in [0, 0.1) is 0 Å². The van der Waals surface area contributed by atoms with Crippen molar-refractivity contribution >= 4 is 25.3 Å². The minimum atomic E-state index is 0.194. The van der Waals surface area contributed by atoms with Crippen LogP contribution < -0.4 is 0 Å². The zero-order chi connectivity index (χ0) is 9.61. The Labute approximate surface area is 86.2 Å². The molecule has 0 N–H and O–H groups in total. The topological polar surface area (TPSA) is 0 Å². The number of hydrogen-bond donors (Lipinski definition) is 2. The smallest absolute Gasteiger partial charge is 0.00449 e. The van der Waals surface area contributed by atoms with Crippen molar-refractivity contribution < 1.29 is 0 Å². The van der Waals surface area contributed by atoms with Gasteiger partial charge in [0.2, 0.25) is 0 Å². The first-order valence-electron chi connectivity index (χ1n) is 3.86. The van der Waals surface area contributed by atoms with E-state index in [0.29, 0.717) is 0 Å². The second-order valence-electron chi connectivity index (χ2n) is 3.51. The van der Waals surface area contributed by atoms with Crippen LogP contribution in [-0.4, -0.2) is 4.75 Å². The van der Waals surface area contributed by atoms with Crippen molar-refractivity contribution in [1.82, 2.24) is 0 Å². The highest BCUT2D eigenvalue weighted by Gasteiger charge is 1.96. The molecular weight excluding hydrogens is 184 g/mol. The molecule has 0 nitrogen and oxygen atoms in total. The van der Waals surface area contributed by atoms with Crippen LogP contribution >= 0.6 is 25.3 Å². The number of benzene rings is 1. The highest BCUT2D eigenvalue weighted by atomic mass is 32.1. The lowest BCUT2D eigenvalue weighted by Gasteiger charge is -2.04. The lowest BCUT2D eigenvalue weighted by Crippen LogP contribution is -1.99. The molecule has 68 valence electrons. The molecule has 0 fully saturated rings. The molecular formula is C10H16S2. The largest absolute Gasteiger partial charge is 0.173 e. The maximum Gasteiger partial charge on any atom is 0.00449 e. The van der Waals surface area contributed by atoms with Crippen LogP contribution in [-0.2, 0) is 0 Å². The fourth-order valence-electron chi connectivity index (χ4n) is 0.428. The first-order valence-corrected chi connectivity index (χ1v) is 4.75. The molecule has 0 bridgehead atoms. The van der Waals surface area contributed by atoms with E-state index in [2.05, 4.69) is 46.0 Å². The Morgan fingerprint density at radius 3 is 1.50 bits per heavy atom. The van der Waals surface area contributed by atoms with Gasteiger partial charge >= 0.3 is 0 Å². The summed E-state index contributed by atoms with van der Waals surface area (Å²) < 4.78 is 0.194. The monoisotopic (exact) mass is 200 g/mol. The second-order valence-corrected chi connectivity index (χ2v) is 5.36. The molecule has 0 aliphatic heterocycles. The highest BCUT2D eigenvalue weighted by molar-refractivity contribution is 7.81. The minimum absolute atomic E-state index is 0.194. The van der Waals surface area contributed by atoms with Gasteiger partial charge in [0.1, 0.15) is 0 Å². The SMILES string of the molecule is CC(C)(C)S.Sc1ccccc1. The summed E-state index contributed by atoms with van der Waals surface area (Å²) in [6.07, 6.45) is 0. The minimum Gasteiger partial charge on any atom is -0.173 e. The summed E-state index contributed by atoms with van der Waals surface area (Å²) >= 11 is 8.21. The van der Waals surface area contributed by atoms with Gasteiger partial charge in [0.25, 0.3) is 0 Å². The summed E-state index contributed by atoms with van der Waals surface area (Å²) in [5.74, 6) is 0. The van der Waals surface area contributed by atoms with Crippen molar-refractivity contribution in [3.63, 3.8) is 0 Å². The van der Waals surface area contributed by atoms with Crippen molar-refractivity contribution in [3.8, 4) is 0 Å². The van der Waals surface area contributed by atoms with E-state index in [1.54, 1.807) is 0 Å². The van der Waals surface area contributed by atoms with Gasteiger partial charge in [-0.3, -0.25) is 0 Å². The van der Waals surface area contributed by atoms with Crippen LogP contribution in [0.5, 0.6) is 0 Å². The van der Waals surface area contributed by atoms with Crippen LogP contribution in [0.25, 0.3) is 0 Å². The summed E-state index contributed by atoms with van der Waals surface area (Å²) in [6, 6.07) is 9.79. The molecule has 0 saturated heterocycles. The van der Waals surface area contributed by atoms with Crippen molar-refractivity contribution in [3.05, 3.63) is 30.3 Å². The van der Waals surface area contributed by atoms with Gasteiger partial charge in [0.05, 0.1) is 0 Å². The quantitative estimate of drug-likeness (QED) is 0.586. The third kappa shape index (κ3) is 12.6. The van der Waals surface area contributed by atoms with E-state index in [1.165, 1.54) is 0 Å². The first kappa shape index (κ1) is 11.9. The second kappa shape index (κ2) is 5.55.